The minimum atomic E-state index is -5.89. The predicted octanol–water partition coefficient (Wildman–Crippen LogP) is 4.66. The summed E-state index contributed by atoms with van der Waals surface area (Å²) in [7, 11) is -5.89. The SMILES string of the molecule is O=S(=O)(c1ccc(Oc2cc(F)c(F)c3[nH]ncc23)c2c1CC(F)(F)C2)C(F)(F)F. The van der Waals surface area contributed by atoms with Crippen LogP contribution in [0.25, 0.3) is 10.9 Å². The van der Waals surface area contributed by atoms with Gasteiger partial charge in [-0.2, -0.15) is 18.3 Å². The zero-order valence-corrected chi connectivity index (χ0v) is 15.3. The molecule has 0 saturated heterocycles. The van der Waals surface area contributed by atoms with Gasteiger partial charge < -0.3 is 4.74 Å². The Bertz CT molecular complexity index is 1280. The molecule has 0 radical (unpaired) electrons. The van der Waals surface area contributed by atoms with Crippen LogP contribution in [0.5, 0.6) is 11.5 Å². The minimum Gasteiger partial charge on any atom is -0.456 e. The number of sulfone groups is 1. The Labute approximate surface area is 163 Å². The van der Waals surface area contributed by atoms with Crippen LogP contribution in [-0.2, 0) is 22.7 Å². The lowest BCUT2D eigenvalue weighted by atomic mass is 10.1. The van der Waals surface area contributed by atoms with Gasteiger partial charge in [0.1, 0.15) is 17.0 Å². The Morgan fingerprint density at radius 1 is 1.07 bits per heavy atom. The van der Waals surface area contributed by atoms with Crippen LogP contribution in [0.4, 0.5) is 30.7 Å². The number of H-pyrrole nitrogens is 1. The van der Waals surface area contributed by atoms with Crippen LogP contribution in [0.1, 0.15) is 11.1 Å². The van der Waals surface area contributed by atoms with Gasteiger partial charge in [-0.05, 0) is 17.7 Å². The molecule has 160 valence electrons. The van der Waals surface area contributed by atoms with E-state index in [9.17, 15) is 39.2 Å². The van der Waals surface area contributed by atoms with Crippen LogP contribution in [0.15, 0.2) is 29.3 Å². The summed E-state index contributed by atoms with van der Waals surface area (Å²) < 4.78 is 123. The number of nitrogens with one attached hydrogen (secondary N) is 1. The Hall–Kier alpha value is -2.83. The molecule has 1 aliphatic rings. The van der Waals surface area contributed by atoms with E-state index in [4.69, 9.17) is 4.74 Å². The fourth-order valence-corrected chi connectivity index (χ4v) is 4.32. The number of halogens is 7. The van der Waals surface area contributed by atoms with Crippen molar-refractivity contribution in [2.75, 3.05) is 0 Å². The van der Waals surface area contributed by atoms with E-state index >= 15 is 0 Å². The van der Waals surface area contributed by atoms with Crippen LogP contribution in [0.2, 0.25) is 0 Å². The molecule has 4 rings (SSSR count). The second-order valence-electron chi connectivity index (χ2n) is 6.61. The van der Waals surface area contributed by atoms with Gasteiger partial charge in [0.05, 0.1) is 16.5 Å². The number of benzene rings is 2. The summed E-state index contributed by atoms with van der Waals surface area (Å²) in [5, 5.41) is 5.68. The van der Waals surface area contributed by atoms with Crippen molar-refractivity contribution in [2.45, 2.75) is 29.2 Å². The number of aromatic nitrogens is 2. The molecule has 0 aliphatic heterocycles. The van der Waals surface area contributed by atoms with Gasteiger partial charge in [0.15, 0.2) is 11.6 Å². The molecular weight excluding hydrogens is 445 g/mol. The van der Waals surface area contributed by atoms with Crippen LogP contribution in [0.3, 0.4) is 0 Å². The Kier molecular flexibility index (Phi) is 4.31. The molecule has 5 nitrogen and oxygen atoms in total. The van der Waals surface area contributed by atoms with Gasteiger partial charge >= 0.3 is 5.51 Å². The lowest BCUT2D eigenvalue weighted by Gasteiger charge is -2.15. The topological polar surface area (TPSA) is 72.1 Å². The zero-order chi connectivity index (χ0) is 22.1. The van der Waals surface area contributed by atoms with Gasteiger partial charge in [-0.25, -0.2) is 26.0 Å². The van der Waals surface area contributed by atoms with Crippen molar-refractivity contribution in [3.05, 3.63) is 47.2 Å². The summed E-state index contributed by atoms with van der Waals surface area (Å²) >= 11 is 0. The summed E-state index contributed by atoms with van der Waals surface area (Å²) in [5.41, 5.74) is -7.26. The molecule has 1 heterocycles. The van der Waals surface area contributed by atoms with E-state index in [1.807, 2.05) is 0 Å². The highest BCUT2D eigenvalue weighted by molar-refractivity contribution is 7.92. The van der Waals surface area contributed by atoms with Gasteiger partial charge in [0.25, 0.3) is 15.8 Å². The molecule has 2 aromatic carbocycles. The summed E-state index contributed by atoms with van der Waals surface area (Å²) in [4.78, 5) is -1.30. The van der Waals surface area contributed by atoms with Crippen molar-refractivity contribution < 1.29 is 43.9 Å². The molecule has 0 spiro atoms. The average Bonchev–Trinajstić information content (AvgIpc) is 3.22. The molecule has 13 heteroatoms. The molecule has 0 bridgehead atoms. The quantitative estimate of drug-likeness (QED) is 0.585. The highest BCUT2D eigenvalue weighted by Gasteiger charge is 2.51. The smallest absolute Gasteiger partial charge is 0.456 e. The highest BCUT2D eigenvalue weighted by Crippen LogP contribution is 2.46. The first-order chi connectivity index (χ1) is 13.8. The van der Waals surface area contributed by atoms with Crippen LogP contribution >= 0.6 is 0 Å². The number of nitrogens with zero attached hydrogens (tertiary/aromatic N) is 1. The molecule has 30 heavy (non-hydrogen) atoms. The molecule has 0 fully saturated rings. The molecule has 1 N–H and O–H groups in total. The van der Waals surface area contributed by atoms with Gasteiger partial charge in [-0.3, -0.25) is 5.10 Å². The third-order valence-electron chi connectivity index (χ3n) is 4.62. The predicted molar refractivity (Wildman–Crippen MR) is 88.1 cm³/mol. The first kappa shape index (κ1) is 20.4. The standard InChI is InChI=1S/C17H9F7N2O3S/c18-10-3-12(9-6-25-26-15(9)14(10)19)29-11-1-2-13(30(27,28)17(22,23)24)8-5-16(20,21)4-7(8)11/h1-3,6H,4-5H2,(H,25,26). The van der Waals surface area contributed by atoms with E-state index in [0.717, 1.165) is 12.3 Å². The van der Waals surface area contributed by atoms with Gasteiger partial charge in [0.2, 0.25) is 0 Å². The Morgan fingerprint density at radius 2 is 1.73 bits per heavy atom. The number of ether oxygens (including phenoxy) is 1. The lowest BCUT2D eigenvalue weighted by molar-refractivity contribution is -0.0437. The van der Waals surface area contributed by atoms with Gasteiger partial charge in [-0.1, -0.05) is 0 Å². The van der Waals surface area contributed by atoms with Crippen LogP contribution in [-0.4, -0.2) is 30.0 Å². The first-order valence-corrected chi connectivity index (χ1v) is 9.63. The fourth-order valence-electron chi connectivity index (χ4n) is 3.31. The third-order valence-corrected chi connectivity index (χ3v) is 6.19. The van der Waals surface area contributed by atoms with Crippen molar-refractivity contribution >= 4 is 20.7 Å². The maximum Gasteiger partial charge on any atom is 0.501 e. The van der Waals surface area contributed by atoms with E-state index in [0.29, 0.717) is 12.1 Å². The van der Waals surface area contributed by atoms with Crippen molar-refractivity contribution in [3.8, 4) is 11.5 Å². The number of aromatic amines is 1. The van der Waals surface area contributed by atoms with E-state index in [-0.39, 0.29) is 16.7 Å². The summed E-state index contributed by atoms with van der Waals surface area (Å²) in [6, 6.07) is 1.89. The Balaban J connectivity index is 1.88. The number of alkyl halides is 5. The number of rotatable bonds is 3. The lowest BCUT2D eigenvalue weighted by Crippen LogP contribution is -2.25. The number of hydrogen-bond acceptors (Lipinski definition) is 4. The zero-order valence-electron chi connectivity index (χ0n) is 14.4. The molecule has 0 unspecified atom stereocenters. The second-order valence-corrected chi connectivity index (χ2v) is 8.52. The molecule has 0 atom stereocenters. The van der Waals surface area contributed by atoms with Gasteiger partial charge in [0, 0.05) is 24.5 Å². The minimum absolute atomic E-state index is 0.0561. The Morgan fingerprint density at radius 3 is 2.40 bits per heavy atom. The van der Waals surface area contributed by atoms with Crippen molar-refractivity contribution in [3.63, 3.8) is 0 Å². The number of hydrogen-bond donors (Lipinski definition) is 1. The molecule has 0 saturated carbocycles. The second kappa shape index (κ2) is 6.33. The van der Waals surface area contributed by atoms with Crippen LogP contribution in [0, 0.1) is 11.6 Å². The molecular formula is C17H9F7N2O3S. The molecule has 0 amide bonds. The molecule has 3 aromatic rings. The summed E-state index contributed by atoms with van der Waals surface area (Å²) in [6.07, 6.45) is -1.26. The summed E-state index contributed by atoms with van der Waals surface area (Å²) in [6.45, 7) is 0. The van der Waals surface area contributed by atoms with E-state index < -0.39 is 67.5 Å². The molecule has 1 aliphatic carbocycles. The van der Waals surface area contributed by atoms with E-state index in [1.165, 1.54) is 0 Å². The molecule has 1 aromatic heterocycles. The average molecular weight is 454 g/mol. The maximum atomic E-state index is 14.0. The van der Waals surface area contributed by atoms with Crippen molar-refractivity contribution in [1.82, 2.24) is 10.2 Å². The number of fused-ring (bicyclic) bond motifs is 2. The first-order valence-electron chi connectivity index (χ1n) is 8.15. The normalized spacial score (nSPS) is 16.1. The summed E-state index contributed by atoms with van der Waals surface area (Å²) in [5.74, 6) is -6.88. The highest BCUT2D eigenvalue weighted by atomic mass is 32.2. The largest absolute Gasteiger partial charge is 0.501 e. The maximum absolute atomic E-state index is 14.0. The fraction of sp³-hybridized carbons (Fsp3) is 0.235. The van der Waals surface area contributed by atoms with E-state index in [2.05, 4.69) is 10.2 Å². The third kappa shape index (κ3) is 3.07. The van der Waals surface area contributed by atoms with E-state index in [1.54, 1.807) is 0 Å². The van der Waals surface area contributed by atoms with Crippen molar-refractivity contribution in [1.29, 1.82) is 0 Å². The van der Waals surface area contributed by atoms with Crippen LogP contribution < -0.4 is 4.74 Å². The van der Waals surface area contributed by atoms with Gasteiger partial charge in [-0.15, -0.1) is 0 Å². The monoisotopic (exact) mass is 454 g/mol. The van der Waals surface area contributed by atoms with Crippen molar-refractivity contribution in [2.24, 2.45) is 0 Å².